The van der Waals surface area contributed by atoms with Crippen molar-refractivity contribution in [2.24, 2.45) is 0 Å². The standard InChI is InChI=1S/C14H20N4/c1-2-14-15-8-10-17(14)11-12-7-9-18(16-12)13-5-3-4-6-13/h7-10,13H,2-6,11H2,1H3. The molecule has 1 saturated carbocycles. The topological polar surface area (TPSA) is 35.6 Å². The summed E-state index contributed by atoms with van der Waals surface area (Å²) in [5.41, 5.74) is 1.13. The van der Waals surface area contributed by atoms with Gasteiger partial charge in [-0.25, -0.2) is 4.98 Å². The smallest absolute Gasteiger partial charge is 0.108 e. The Bertz CT molecular complexity index is 505. The average molecular weight is 244 g/mol. The van der Waals surface area contributed by atoms with E-state index in [1.807, 2.05) is 12.4 Å². The maximum absolute atomic E-state index is 4.71. The molecule has 0 atom stereocenters. The van der Waals surface area contributed by atoms with Crippen molar-refractivity contribution in [1.29, 1.82) is 0 Å². The SMILES string of the molecule is CCc1nccn1Cc1ccn(C2CCCC2)n1. The second kappa shape index (κ2) is 4.96. The molecule has 2 heterocycles. The van der Waals surface area contributed by atoms with Crippen molar-refractivity contribution in [3.05, 3.63) is 36.2 Å². The van der Waals surface area contributed by atoms with Gasteiger partial charge in [0, 0.05) is 25.0 Å². The van der Waals surface area contributed by atoms with Gasteiger partial charge in [-0.2, -0.15) is 5.10 Å². The monoisotopic (exact) mass is 244 g/mol. The van der Waals surface area contributed by atoms with E-state index < -0.39 is 0 Å². The van der Waals surface area contributed by atoms with Crippen LogP contribution >= 0.6 is 0 Å². The van der Waals surface area contributed by atoms with Gasteiger partial charge in [0.1, 0.15) is 5.82 Å². The van der Waals surface area contributed by atoms with Crippen LogP contribution in [0.4, 0.5) is 0 Å². The van der Waals surface area contributed by atoms with E-state index in [1.165, 1.54) is 25.7 Å². The molecule has 0 aliphatic heterocycles. The molecular formula is C14H20N4. The number of imidazole rings is 1. The predicted octanol–water partition coefficient (Wildman–Crippen LogP) is 2.81. The zero-order chi connectivity index (χ0) is 12.4. The Morgan fingerprint density at radius 3 is 2.89 bits per heavy atom. The summed E-state index contributed by atoms with van der Waals surface area (Å²) in [6, 6.07) is 2.77. The van der Waals surface area contributed by atoms with Crippen molar-refractivity contribution in [3.8, 4) is 0 Å². The zero-order valence-corrected chi connectivity index (χ0v) is 10.9. The van der Waals surface area contributed by atoms with Gasteiger partial charge in [-0.3, -0.25) is 4.68 Å². The minimum atomic E-state index is 0.632. The maximum atomic E-state index is 4.71. The van der Waals surface area contributed by atoms with Crippen molar-refractivity contribution in [2.75, 3.05) is 0 Å². The molecule has 0 aromatic carbocycles. The third-order valence-electron chi connectivity index (χ3n) is 3.81. The van der Waals surface area contributed by atoms with E-state index in [9.17, 15) is 0 Å². The number of nitrogens with zero attached hydrogens (tertiary/aromatic N) is 4. The first-order valence-electron chi connectivity index (χ1n) is 6.91. The molecule has 0 bridgehead atoms. The molecular weight excluding hydrogens is 224 g/mol. The van der Waals surface area contributed by atoms with Gasteiger partial charge in [0.05, 0.1) is 18.3 Å². The van der Waals surface area contributed by atoms with Gasteiger partial charge in [-0.15, -0.1) is 0 Å². The van der Waals surface area contributed by atoms with E-state index >= 15 is 0 Å². The molecule has 0 saturated heterocycles. The highest BCUT2D eigenvalue weighted by Gasteiger charge is 2.17. The number of aryl methyl sites for hydroxylation is 1. The van der Waals surface area contributed by atoms with Crippen molar-refractivity contribution < 1.29 is 0 Å². The molecule has 2 aromatic heterocycles. The van der Waals surface area contributed by atoms with Crippen molar-refractivity contribution >= 4 is 0 Å². The predicted molar refractivity (Wildman–Crippen MR) is 70.4 cm³/mol. The Morgan fingerprint density at radius 2 is 2.11 bits per heavy atom. The van der Waals surface area contributed by atoms with E-state index in [2.05, 4.69) is 33.4 Å². The Balaban J connectivity index is 1.73. The third kappa shape index (κ3) is 2.19. The molecule has 0 spiro atoms. The highest BCUT2D eigenvalue weighted by molar-refractivity contribution is 5.04. The largest absolute Gasteiger partial charge is 0.329 e. The number of hydrogen-bond acceptors (Lipinski definition) is 2. The first-order valence-corrected chi connectivity index (χ1v) is 6.91. The van der Waals surface area contributed by atoms with Crippen molar-refractivity contribution in [2.45, 2.75) is 51.6 Å². The summed E-state index contributed by atoms with van der Waals surface area (Å²) in [5.74, 6) is 1.13. The molecule has 0 N–H and O–H groups in total. The fourth-order valence-electron chi connectivity index (χ4n) is 2.81. The third-order valence-corrected chi connectivity index (χ3v) is 3.81. The maximum Gasteiger partial charge on any atom is 0.108 e. The Hall–Kier alpha value is -1.58. The number of aromatic nitrogens is 4. The molecule has 1 aliphatic carbocycles. The van der Waals surface area contributed by atoms with Gasteiger partial charge >= 0.3 is 0 Å². The van der Waals surface area contributed by atoms with Crippen LogP contribution < -0.4 is 0 Å². The summed E-state index contributed by atoms with van der Waals surface area (Å²) < 4.78 is 4.34. The first-order chi connectivity index (χ1) is 8.86. The lowest BCUT2D eigenvalue weighted by atomic mass is 10.3. The Morgan fingerprint density at radius 1 is 1.28 bits per heavy atom. The van der Waals surface area contributed by atoms with Crippen LogP contribution in [0.15, 0.2) is 24.7 Å². The van der Waals surface area contributed by atoms with Gasteiger partial charge in [0.2, 0.25) is 0 Å². The number of hydrogen-bond donors (Lipinski definition) is 0. The van der Waals surface area contributed by atoms with Gasteiger partial charge in [-0.05, 0) is 18.9 Å². The lowest BCUT2D eigenvalue weighted by Crippen LogP contribution is -2.08. The molecule has 18 heavy (non-hydrogen) atoms. The molecule has 1 aliphatic rings. The lowest BCUT2D eigenvalue weighted by Gasteiger charge is -2.09. The van der Waals surface area contributed by atoms with Gasteiger partial charge in [-0.1, -0.05) is 19.8 Å². The molecule has 2 aromatic rings. The summed E-state index contributed by atoms with van der Waals surface area (Å²) in [5, 5.41) is 4.71. The van der Waals surface area contributed by atoms with Crippen LogP contribution in [0.25, 0.3) is 0 Å². The zero-order valence-electron chi connectivity index (χ0n) is 10.9. The fraction of sp³-hybridized carbons (Fsp3) is 0.571. The van der Waals surface area contributed by atoms with Gasteiger partial charge in [0.15, 0.2) is 0 Å². The second-order valence-electron chi connectivity index (χ2n) is 5.05. The van der Waals surface area contributed by atoms with Crippen molar-refractivity contribution in [1.82, 2.24) is 19.3 Å². The molecule has 0 amide bonds. The Labute approximate surface area is 108 Å². The van der Waals surface area contributed by atoms with Crippen LogP contribution in [0.3, 0.4) is 0 Å². The normalized spacial score (nSPS) is 16.5. The van der Waals surface area contributed by atoms with E-state index in [1.54, 1.807) is 0 Å². The van der Waals surface area contributed by atoms with Crippen LogP contribution in [0.2, 0.25) is 0 Å². The van der Waals surface area contributed by atoms with E-state index in [4.69, 9.17) is 5.10 Å². The molecule has 4 nitrogen and oxygen atoms in total. The van der Waals surface area contributed by atoms with Gasteiger partial charge in [0.25, 0.3) is 0 Å². The Kier molecular flexibility index (Phi) is 3.17. The molecule has 0 radical (unpaired) electrons. The van der Waals surface area contributed by atoms with Crippen LogP contribution in [0.5, 0.6) is 0 Å². The molecule has 4 heteroatoms. The highest BCUT2D eigenvalue weighted by Crippen LogP contribution is 2.28. The van der Waals surface area contributed by atoms with Crippen molar-refractivity contribution in [3.63, 3.8) is 0 Å². The van der Waals surface area contributed by atoms with Crippen LogP contribution in [-0.4, -0.2) is 19.3 Å². The van der Waals surface area contributed by atoms with E-state index in [-0.39, 0.29) is 0 Å². The summed E-state index contributed by atoms with van der Waals surface area (Å²) in [7, 11) is 0. The average Bonchev–Trinajstić information content (AvgIpc) is 3.10. The van der Waals surface area contributed by atoms with E-state index in [0.29, 0.717) is 6.04 Å². The minimum absolute atomic E-state index is 0.632. The summed E-state index contributed by atoms with van der Waals surface area (Å²) in [6.45, 7) is 2.97. The van der Waals surface area contributed by atoms with Crippen LogP contribution in [0, 0.1) is 0 Å². The molecule has 1 fully saturated rings. The minimum Gasteiger partial charge on any atom is -0.329 e. The quantitative estimate of drug-likeness (QED) is 0.829. The van der Waals surface area contributed by atoms with Gasteiger partial charge < -0.3 is 4.57 Å². The summed E-state index contributed by atoms with van der Waals surface area (Å²) in [4.78, 5) is 4.34. The molecule has 0 unspecified atom stereocenters. The summed E-state index contributed by atoms with van der Waals surface area (Å²) in [6.07, 6.45) is 12.3. The van der Waals surface area contributed by atoms with Crippen LogP contribution in [-0.2, 0) is 13.0 Å². The number of rotatable bonds is 4. The molecule has 3 rings (SSSR count). The van der Waals surface area contributed by atoms with E-state index in [0.717, 1.165) is 24.5 Å². The fourth-order valence-corrected chi connectivity index (χ4v) is 2.81. The highest BCUT2D eigenvalue weighted by atomic mass is 15.3. The second-order valence-corrected chi connectivity index (χ2v) is 5.05. The first kappa shape index (κ1) is 11.5. The summed E-state index contributed by atoms with van der Waals surface area (Å²) >= 11 is 0. The lowest BCUT2D eigenvalue weighted by molar-refractivity contribution is 0.461. The molecule has 96 valence electrons. The van der Waals surface area contributed by atoms with Crippen LogP contribution in [0.1, 0.15) is 50.2 Å².